The Morgan fingerprint density at radius 1 is 0.617 bits per heavy atom. The fourth-order valence-corrected chi connectivity index (χ4v) is 7.20. The second-order valence-corrected chi connectivity index (χ2v) is 15.8. The zero-order chi connectivity index (χ0) is 41.3. The van der Waals surface area contributed by atoms with Gasteiger partial charge in [-0.2, -0.15) is 15.3 Å². The average Bonchev–Trinajstić information content (AvgIpc) is 3.13. The maximum absolute atomic E-state index is 13.7. The molecule has 6 rings (SSSR count). The Bertz CT molecular complexity index is 2910. The first-order chi connectivity index (χ1) is 26.8. The average molecular weight is 900 g/mol. The van der Waals surface area contributed by atoms with Gasteiger partial charge in [-0.3, -0.25) is 20.4 Å². The summed E-state index contributed by atoms with van der Waals surface area (Å²) in [6.07, 6.45) is 4.76. The first-order valence-corrected chi connectivity index (χ1v) is 20.0. The van der Waals surface area contributed by atoms with Crippen molar-refractivity contribution in [3.63, 3.8) is 0 Å². The molecule has 0 heterocycles. The van der Waals surface area contributed by atoms with E-state index in [1.54, 1.807) is 18.2 Å². The molecular formula is C34H24N9Na3O11S3. The Morgan fingerprint density at radius 2 is 1.22 bits per heavy atom. The van der Waals surface area contributed by atoms with E-state index in [1.165, 1.54) is 60.7 Å². The van der Waals surface area contributed by atoms with E-state index in [4.69, 9.17) is 11.5 Å². The number of carbonyl (C=O) groups excluding carboxylic acids is 2. The summed E-state index contributed by atoms with van der Waals surface area (Å²) in [6, 6.07) is 17.6. The third-order valence-electron chi connectivity index (χ3n) is 7.86. The normalized spacial score (nSPS) is 15.2. The number of benzene rings is 4. The number of anilines is 5. The number of ketones is 2. The quantitative estimate of drug-likeness (QED) is 0.0234. The first kappa shape index (κ1) is 50.5. The van der Waals surface area contributed by atoms with E-state index in [-0.39, 0.29) is 117 Å². The monoisotopic (exact) mass is 899 g/mol. The standard InChI is InChI=1S/C34H27N9O11S3.3Na/c35-19-6-12-24(26(44)16-19)41-38-22-9-7-20(8-10-22)37-25-13-11-23(17-27(25)55(46,47)48)40-42-32-28(56(49,50)51)14-18-15-29(57(52,53)54)33(34(45)30(18)31(32)36)43-39-21-4-2-1-3-5-21;;;/h1-17,37-39H,35-36H2,(H,46,47,48)(H,49,50,51)(H,52,53,54);;;/q;3*+1/p-3. The number of azo groups is 1. The molecule has 0 radical (unpaired) electrons. The van der Waals surface area contributed by atoms with Crippen LogP contribution in [0.15, 0.2) is 138 Å². The van der Waals surface area contributed by atoms with Crippen LogP contribution in [0.1, 0.15) is 15.9 Å². The van der Waals surface area contributed by atoms with E-state index in [2.05, 4.69) is 36.6 Å². The van der Waals surface area contributed by atoms with Crippen molar-refractivity contribution in [2.45, 2.75) is 9.79 Å². The topological polar surface area (TPSA) is 343 Å². The number of Topliss-reactive ketones (excluding diaryl/α,β-unsaturated/α-hetero) is 1. The zero-order valence-electron chi connectivity index (χ0n) is 31.5. The molecule has 2 aliphatic rings. The van der Waals surface area contributed by atoms with Crippen molar-refractivity contribution in [1.82, 2.24) is 0 Å². The van der Waals surface area contributed by atoms with Crippen LogP contribution in [-0.2, 0) is 35.1 Å². The molecule has 0 saturated carbocycles. The van der Waals surface area contributed by atoms with Crippen LogP contribution in [0, 0.1) is 0 Å². The molecule has 26 heteroatoms. The van der Waals surface area contributed by atoms with Crippen molar-refractivity contribution in [2.24, 2.45) is 26.2 Å². The molecule has 0 spiro atoms. The third-order valence-corrected chi connectivity index (χ3v) is 10.4. The van der Waals surface area contributed by atoms with Crippen LogP contribution in [0.5, 0.6) is 0 Å². The van der Waals surface area contributed by atoms with Gasteiger partial charge < -0.3 is 30.4 Å². The van der Waals surface area contributed by atoms with Crippen LogP contribution < -0.4 is 116 Å². The predicted octanol–water partition coefficient (Wildman–Crippen LogP) is -5.45. The summed E-state index contributed by atoms with van der Waals surface area (Å²) in [5.41, 5.74) is 14.0. The van der Waals surface area contributed by atoms with Crippen LogP contribution >= 0.6 is 0 Å². The molecule has 4 aromatic carbocycles. The van der Waals surface area contributed by atoms with Crippen LogP contribution in [-0.4, -0.2) is 61.9 Å². The van der Waals surface area contributed by atoms with Crippen molar-refractivity contribution in [3.8, 4) is 0 Å². The summed E-state index contributed by atoms with van der Waals surface area (Å²) in [4.78, 5) is 22.5. The molecule has 0 aliphatic heterocycles. The van der Waals surface area contributed by atoms with Gasteiger partial charge in [0.2, 0.25) is 11.6 Å². The van der Waals surface area contributed by atoms with Crippen LogP contribution in [0.25, 0.3) is 6.08 Å². The first-order valence-electron chi connectivity index (χ1n) is 15.8. The number of allylic oxidation sites excluding steroid dienone is 4. The summed E-state index contributed by atoms with van der Waals surface area (Å²) in [5, 5.41) is 18.1. The van der Waals surface area contributed by atoms with Gasteiger partial charge in [0.05, 0.1) is 48.7 Å². The molecule has 20 nitrogen and oxygen atoms in total. The largest absolute Gasteiger partial charge is 1.00 e. The number of hydrogen-bond donors (Lipinski definition) is 5. The fraction of sp³-hybridized carbons (Fsp3) is 0. The maximum Gasteiger partial charge on any atom is 1.00 e. The molecule has 0 unspecified atom stereocenters. The summed E-state index contributed by atoms with van der Waals surface area (Å²) >= 11 is 0. The second-order valence-electron chi connectivity index (χ2n) is 11.8. The number of hydrogen-bond acceptors (Lipinski definition) is 20. The minimum absolute atomic E-state index is 0. The van der Waals surface area contributed by atoms with E-state index >= 15 is 0 Å². The summed E-state index contributed by atoms with van der Waals surface area (Å²) in [6.45, 7) is 0. The SMILES string of the molecule is NC1=CC(=O)C(=NNc2ccc(Nc3ccc(N=Nc4c(S(=O)(=O)[O-])cc5c(c4N)C(=O)C(=NNc4ccccc4)C(S(=O)(=O)[O-])=C5)cc3S(=O)(=O)[O-])cc2)C=C1.[Na+].[Na+].[Na+]. The Hall–Kier alpha value is -3.89. The van der Waals surface area contributed by atoms with E-state index in [0.717, 1.165) is 12.1 Å². The number of hydrazone groups is 2. The summed E-state index contributed by atoms with van der Waals surface area (Å²) < 4.78 is 110. The van der Waals surface area contributed by atoms with Gasteiger partial charge in [0.1, 0.15) is 47.5 Å². The Labute approximate surface area is 408 Å². The summed E-state index contributed by atoms with van der Waals surface area (Å²) in [5.74, 6) is -1.67. The van der Waals surface area contributed by atoms with Crippen molar-refractivity contribution < 1.29 is 137 Å². The number of carbonyl (C=O) groups is 2. The third kappa shape index (κ3) is 11.9. The number of para-hydroxylation sites is 1. The van der Waals surface area contributed by atoms with Gasteiger partial charge in [0.25, 0.3) is 0 Å². The van der Waals surface area contributed by atoms with Gasteiger partial charge in [-0.15, -0.1) is 5.11 Å². The molecule has 292 valence electrons. The van der Waals surface area contributed by atoms with Crippen LogP contribution in [0.2, 0.25) is 0 Å². The summed E-state index contributed by atoms with van der Waals surface area (Å²) in [7, 11) is -16.1. The van der Waals surface area contributed by atoms with Gasteiger partial charge in [-0.1, -0.05) is 18.2 Å². The molecule has 0 atom stereocenters. The molecule has 60 heavy (non-hydrogen) atoms. The van der Waals surface area contributed by atoms with Crippen molar-refractivity contribution in [3.05, 3.63) is 119 Å². The molecule has 7 N–H and O–H groups in total. The molecule has 2 aliphatic carbocycles. The van der Waals surface area contributed by atoms with E-state index in [1.807, 2.05) is 0 Å². The van der Waals surface area contributed by atoms with Gasteiger partial charge in [-0.25, -0.2) is 25.3 Å². The molecule has 0 bridgehead atoms. The van der Waals surface area contributed by atoms with Crippen LogP contribution in [0.4, 0.5) is 39.8 Å². The Balaban J connectivity index is 0.00000320. The molecular weight excluding hydrogens is 876 g/mol. The number of nitrogens with zero attached hydrogens (tertiary/aromatic N) is 4. The number of rotatable bonds is 11. The van der Waals surface area contributed by atoms with E-state index in [9.17, 15) is 48.5 Å². The number of fused-ring (bicyclic) bond motifs is 1. The van der Waals surface area contributed by atoms with Crippen LogP contribution in [0.3, 0.4) is 0 Å². The molecule has 0 aromatic heterocycles. The zero-order valence-corrected chi connectivity index (χ0v) is 39.9. The van der Waals surface area contributed by atoms with Crippen molar-refractivity contribution >= 4 is 99.2 Å². The maximum atomic E-state index is 13.7. The smallest absolute Gasteiger partial charge is 0.744 e. The molecule has 4 aromatic rings. The number of nitrogens with one attached hydrogen (secondary N) is 3. The molecule has 0 fully saturated rings. The predicted molar refractivity (Wildman–Crippen MR) is 204 cm³/mol. The Morgan fingerprint density at radius 3 is 1.82 bits per heavy atom. The minimum Gasteiger partial charge on any atom is -0.744 e. The van der Waals surface area contributed by atoms with Gasteiger partial charge >= 0.3 is 88.7 Å². The van der Waals surface area contributed by atoms with Crippen molar-refractivity contribution in [1.29, 1.82) is 0 Å². The van der Waals surface area contributed by atoms with Crippen molar-refractivity contribution in [2.75, 3.05) is 21.9 Å². The Kier molecular flexibility index (Phi) is 17.1. The second kappa shape index (κ2) is 20.3. The molecule has 0 saturated heterocycles. The molecule has 0 amide bonds. The van der Waals surface area contributed by atoms with Gasteiger partial charge in [-0.05, 0) is 84.5 Å². The van der Waals surface area contributed by atoms with Gasteiger partial charge in [0.15, 0.2) is 0 Å². The minimum atomic E-state index is -5.50. The fourth-order valence-electron chi connectivity index (χ4n) is 5.24. The number of nitrogens with two attached hydrogens (primary N) is 2. The van der Waals surface area contributed by atoms with E-state index in [0.29, 0.717) is 23.5 Å². The van der Waals surface area contributed by atoms with Gasteiger partial charge in [0, 0.05) is 17.5 Å². The van der Waals surface area contributed by atoms with E-state index < -0.39 is 84.8 Å². The number of nitrogen functional groups attached to an aromatic ring is 1.